The van der Waals surface area contributed by atoms with E-state index in [4.69, 9.17) is 5.73 Å². The number of hydrogen-bond acceptors (Lipinski definition) is 2. The van der Waals surface area contributed by atoms with Crippen molar-refractivity contribution in [1.29, 1.82) is 0 Å². The first-order valence-corrected chi connectivity index (χ1v) is 4.58. The van der Waals surface area contributed by atoms with E-state index in [0.717, 1.165) is 4.90 Å². The van der Waals surface area contributed by atoms with Crippen molar-refractivity contribution in [3.8, 4) is 0 Å². The van der Waals surface area contributed by atoms with Gasteiger partial charge in [-0.05, 0) is 12.0 Å². The summed E-state index contributed by atoms with van der Waals surface area (Å²) in [5, 5.41) is 0. The second-order valence-corrected chi connectivity index (χ2v) is 4.41. The molecule has 0 aromatic rings. The normalized spacial score (nSPS) is 12.7. The molecule has 0 rings (SSSR count). The Balaban J connectivity index is 4.23. The number of hydrogen-bond donors (Lipinski definition) is 1. The van der Waals surface area contributed by atoms with Gasteiger partial charge in [-0.15, -0.1) is 0 Å². The summed E-state index contributed by atoms with van der Waals surface area (Å²) in [6.07, 6.45) is -5.86. The van der Waals surface area contributed by atoms with Crippen LogP contribution in [-0.4, -0.2) is 37.1 Å². The Morgan fingerprint density at radius 2 is 1.80 bits per heavy atom. The summed E-state index contributed by atoms with van der Waals surface area (Å²) in [4.78, 5) is 12.2. The molecular weight excluding hydrogens is 209 g/mol. The van der Waals surface area contributed by atoms with Gasteiger partial charge in [-0.2, -0.15) is 13.2 Å². The summed E-state index contributed by atoms with van der Waals surface area (Å²) >= 11 is 0. The average molecular weight is 226 g/mol. The van der Waals surface area contributed by atoms with Gasteiger partial charge in [0.1, 0.15) is 6.42 Å². The lowest BCUT2D eigenvalue weighted by Crippen LogP contribution is -2.41. The number of carbonyl (C=O) groups excluding carboxylic acids is 1. The zero-order valence-corrected chi connectivity index (χ0v) is 9.19. The highest BCUT2D eigenvalue weighted by atomic mass is 19.4. The van der Waals surface area contributed by atoms with Gasteiger partial charge in [0.25, 0.3) is 0 Å². The predicted molar refractivity (Wildman–Crippen MR) is 51.1 cm³/mol. The van der Waals surface area contributed by atoms with Crippen LogP contribution in [0.2, 0.25) is 0 Å². The molecule has 0 saturated carbocycles. The molecule has 0 aliphatic rings. The Morgan fingerprint density at radius 1 is 1.33 bits per heavy atom. The largest absolute Gasteiger partial charge is 0.397 e. The molecule has 6 heteroatoms. The van der Waals surface area contributed by atoms with Crippen LogP contribution in [0.25, 0.3) is 0 Å². The highest BCUT2D eigenvalue weighted by molar-refractivity contribution is 5.76. The summed E-state index contributed by atoms with van der Waals surface area (Å²) in [5.74, 6) is -0.927. The van der Waals surface area contributed by atoms with E-state index in [1.54, 1.807) is 13.8 Å². The molecule has 15 heavy (non-hydrogen) atoms. The molecule has 0 spiro atoms. The van der Waals surface area contributed by atoms with Crippen molar-refractivity contribution in [2.75, 3.05) is 20.1 Å². The zero-order chi connectivity index (χ0) is 12.3. The monoisotopic (exact) mass is 226 g/mol. The number of carbonyl (C=O) groups is 1. The molecule has 0 aromatic heterocycles. The molecule has 90 valence electrons. The van der Waals surface area contributed by atoms with Gasteiger partial charge in [0, 0.05) is 13.6 Å². The fraction of sp³-hybridized carbons (Fsp3) is 0.889. The van der Waals surface area contributed by atoms with Crippen LogP contribution in [-0.2, 0) is 4.79 Å². The molecule has 2 N–H and O–H groups in total. The van der Waals surface area contributed by atoms with Crippen molar-refractivity contribution in [2.24, 2.45) is 11.1 Å². The fourth-order valence-corrected chi connectivity index (χ4v) is 1.10. The molecular formula is C9H17F3N2O. The first-order chi connectivity index (χ1) is 6.57. The average Bonchev–Trinajstić information content (AvgIpc) is 2.00. The summed E-state index contributed by atoms with van der Waals surface area (Å²) in [5.41, 5.74) is 5.06. The maximum absolute atomic E-state index is 11.9. The Hall–Kier alpha value is -0.780. The van der Waals surface area contributed by atoms with E-state index in [1.165, 1.54) is 7.05 Å². The van der Waals surface area contributed by atoms with Gasteiger partial charge >= 0.3 is 6.18 Å². The van der Waals surface area contributed by atoms with Crippen molar-refractivity contribution in [1.82, 2.24) is 4.90 Å². The molecule has 0 aromatic carbocycles. The molecule has 0 saturated heterocycles. The van der Waals surface area contributed by atoms with Crippen LogP contribution in [0.1, 0.15) is 20.3 Å². The first kappa shape index (κ1) is 14.2. The van der Waals surface area contributed by atoms with Crippen LogP contribution in [0, 0.1) is 5.41 Å². The van der Waals surface area contributed by atoms with Crippen LogP contribution in [0.15, 0.2) is 0 Å². The van der Waals surface area contributed by atoms with Crippen LogP contribution in [0.5, 0.6) is 0 Å². The topological polar surface area (TPSA) is 46.3 Å². The lowest BCUT2D eigenvalue weighted by Gasteiger charge is -2.29. The van der Waals surface area contributed by atoms with Crippen LogP contribution < -0.4 is 5.73 Å². The Morgan fingerprint density at radius 3 is 2.13 bits per heavy atom. The molecule has 0 fully saturated rings. The van der Waals surface area contributed by atoms with E-state index >= 15 is 0 Å². The number of halogens is 3. The maximum atomic E-state index is 11.9. The second-order valence-electron chi connectivity index (χ2n) is 4.41. The Bertz CT molecular complexity index is 226. The number of nitrogens with two attached hydrogens (primary N) is 1. The second kappa shape index (κ2) is 4.83. The minimum absolute atomic E-state index is 0.221. The molecule has 3 nitrogen and oxygen atoms in total. The highest BCUT2D eigenvalue weighted by Crippen LogP contribution is 2.21. The van der Waals surface area contributed by atoms with Crippen LogP contribution in [0.3, 0.4) is 0 Å². The third kappa shape index (κ3) is 6.33. The van der Waals surface area contributed by atoms with E-state index in [1.807, 2.05) is 0 Å². The summed E-state index contributed by atoms with van der Waals surface area (Å²) in [6.45, 7) is 4.13. The van der Waals surface area contributed by atoms with E-state index < -0.39 is 18.5 Å². The smallest absolute Gasteiger partial charge is 0.345 e. The quantitative estimate of drug-likeness (QED) is 0.787. The zero-order valence-electron chi connectivity index (χ0n) is 9.19. The SMILES string of the molecule is CN(CC(C)(C)CN)C(=O)CC(F)(F)F. The molecule has 0 radical (unpaired) electrons. The van der Waals surface area contributed by atoms with E-state index in [-0.39, 0.29) is 12.0 Å². The van der Waals surface area contributed by atoms with Gasteiger partial charge in [-0.3, -0.25) is 4.79 Å². The lowest BCUT2D eigenvalue weighted by molar-refractivity contribution is -0.161. The van der Waals surface area contributed by atoms with Gasteiger partial charge in [-0.1, -0.05) is 13.8 Å². The minimum atomic E-state index is -4.45. The van der Waals surface area contributed by atoms with Gasteiger partial charge in [0.2, 0.25) is 5.91 Å². The van der Waals surface area contributed by atoms with Crippen molar-refractivity contribution >= 4 is 5.91 Å². The Labute approximate surface area is 87.4 Å². The Kier molecular flexibility index (Phi) is 4.58. The lowest BCUT2D eigenvalue weighted by atomic mass is 9.93. The number of nitrogens with zero attached hydrogens (tertiary/aromatic N) is 1. The maximum Gasteiger partial charge on any atom is 0.397 e. The summed E-state index contributed by atoms with van der Waals surface area (Å²) in [7, 11) is 1.35. The molecule has 1 amide bonds. The highest BCUT2D eigenvalue weighted by Gasteiger charge is 2.33. The first-order valence-electron chi connectivity index (χ1n) is 4.58. The van der Waals surface area contributed by atoms with Crippen LogP contribution in [0.4, 0.5) is 13.2 Å². The van der Waals surface area contributed by atoms with Crippen molar-refractivity contribution in [3.63, 3.8) is 0 Å². The van der Waals surface area contributed by atoms with Crippen molar-refractivity contribution in [2.45, 2.75) is 26.4 Å². The molecule has 0 bridgehead atoms. The molecule has 0 heterocycles. The van der Waals surface area contributed by atoms with Gasteiger partial charge in [0.15, 0.2) is 0 Å². The number of alkyl halides is 3. The fourth-order valence-electron chi connectivity index (χ4n) is 1.10. The standard InChI is InChI=1S/C9H17F3N2O/c1-8(2,5-13)6-14(3)7(15)4-9(10,11)12/h4-6,13H2,1-3H3. The minimum Gasteiger partial charge on any atom is -0.345 e. The van der Waals surface area contributed by atoms with Gasteiger partial charge in [-0.25, -0.2) is 0 Å². The predicted octanol–water partition coefficient (Wildman–Crippen LogP) is 1.38. The third-order valence-electron chi connectivity index (χ3n) is 2.00. The van der Waals surface area contributed by atoms with Crippen molar-refractivity contribution < 1.29 is 18.0 Å². The summed E-state index contributed by atoms with van der Waals surface area (Å²) < 4.78 is 35.7. The molecule has 0 unspecified atom stereocenters. The molecule has 0 atom stereocenters. The van der Waals surface area contributed by atoms with E-state index in [0.29, 0.717) is 6.54 Å². The van der Waals surface area contributed by atoms with Gasteiger partial charge < -0.3 is 10.6 Å². The number of rotatable bonds is 4. The van der Waals surface area contributed by atoms with Crippen LogP contribution >= 0.6 is 0 Å². The van der Waals surface area contributed by atoms with Crippen molar-refractivity contribution in [3.05, 3.63) is 0 Å². The molecule has 0 aliphatic heterocycles. The van der Waals surface area contributed by atoms with E-state index in [2.05, 4.69) is 0 Å². The summed E-state index contributed by atoms with van der Waals surface area (Å²) in [6, 6.07) is 0. The number of amides is 1. The van der Waals surface area contributed by atoms with Gasteiger partial charge in [0.05, 0.1) is 0 Å². The van der Waals surface area contributed by atoms with E-state index in [9.17, 15) is 18.0 Å². The molecule has 0 aliphatic carbocycles. The third-order valence-corrected chi connectivity index (χ3v) is 2.00.